The van der Waals surface area contributed by atoms with Gasteiger partial charge in [-0.25, -0.2) is 4.98 Å². The molecule has 0 fully saturated rings. The third-order valence-corrected chi connectivity index (χ3v) is 5.23. The van der Waals surface area contributed by atoms with Crippen molar-refractivity contribution in [1.82, 2.24) is 9.38 Å². The van der Waals surface area contributed by atoms with Crippen LogP contribution in [0, 0.1) is 0 Å². The highest BCUT2D eigenvalue weighted by atomic mass is 16.6. The van der Waals surface area contributed by atoms with E-state index in [1.54, 1.807) is 11.1 Å². The number of nitrogens with zero attached hydrogens (tertiary/aromatic N) is 3. The van der Waals surface area contributed by atoms with Gasteiger partial charge in [0.2, 0.25) is 6.10 Å². The van der Waals surface area contributed by atoms with Gasteiger partial charge < -0.3 is 18.8 Å². The fraction of sp³-hybridized carbons (Fsp3) is 0.167. The lowest BCUT2D eigenvalue weighted by atomic mass is 10.1. The molecule has 3 heterocycles. The largest absolute Gasteiger partial charge is 0.482 e. The Kier molecular flexibility index (Phi) is 4.59. The summed E-state index contributed by atoms with van der Waals surface area (Å²) in [7, 11) is 0. The highest BCUT2D eigenvalue weighted by molar-refractivity contribution is 5.97. The SMILES string of the molecule is C[C@@H]1Oc2ccccc2O[C@@H]1C(=O)N(Cc1cnc2ccccn12)c1ccccc1. The maximum atomic E-state index is 13.7. The number of hydrogen-bond donors (Lipinski definition) is 0. The number of amides is 1. The Balaban J connectivity index is 1.50. The van der Waals surface area contributed by atoms with Crippen LogP contribution >= 0.6 is 0 Å². The van der Waals surface area contributed by atoms with Gasteiger partial charge in [-0.1, -0.05) is 36.4 Å². The summed E-state index contributed by atoms with van der Waals surface area (Å²) in [6, 6.07) is 22.9. The molecule has 0 bridgehead atoms. The van der Waals surface area contributed by atoms with Gasteiger partial charge in [-0.05, 0) is 43.3 Å². The quantitative estimate of drug-likeness (QED) is 0.519. The minimum Gasteiger partial charge on any atom is -0.482 e. The van der Waals surface area contributed by atoms with Crippen molar-refractivity contribution in [3.8, 4) is 11.5 Å². The zero-order chi connectivity index (χ0) is 20.5. The fourth-order valence-electron chi connectivity index (χ4n) is 3.71. The van der Waals surface area contributed by atoms with Crippen LogP contribution in [0.25, 0.3) is 5.65 Å². The number of aromatic nitrogens is 2. The lowest BCUT2D eigenvalue weighted by molar-refractivity contribution is -0.130. The molecule has 0 N–H and O–H groups in total. The lowest BCUT2D eigenvalue weighted by Crippen LogP contribution is -2.50. The number of rotatable bonds is 4. The number of fused-ring (bicyclic) bond motifs is 2. The summed E-state index contributed by atoms with van der Waals surface area (Å²) in [5.41, 5.74) is 2.54. The summed E-state index contributed by atoms with van der Waals surface area (Å²) in [6.07, 6.45) is 2.58. The number of hydrogen-bond acceptors (Lipinski definition) is 4. The molecule has 30 heavy (non-hydrogen) atoms. The molecule has 0 spiro atoms. The Morgan fingerprint density at radius 2 is 1.67 bits per heavy atom. The molecule has 4 aromatic rings. The van der Waals surface area contributed by atoms with E-state index >= 15 is 0 Å². The van der Waals surface area contributed by atoms with E-state index < -0.39 is 12.2 Å². The molecule has 1 aliphatic rings. The smallest absolute Gasteiger partial charge is 0.272 e. The zero-order valence-electron chi connectivity index (χ0n) is 16.5. The Labute approximate surface area is 174 Å². The summed E-state index contributed by atoms with van der Waals surface area (Å²) in [4.78, 5) is 19.9. The number of anilines is 1. The minimum absolute atomic E-state index is 0.158. The number of benzene rings is 2. The molecule has 0 saturated carbocycles. The maximum absolute atomic E-state index is 13.7. The van der Waals surface area contributed by atoms with Gasteiger partial charge in [0.1, 0.15) is 11.8 Å². The lowest BCUT2D eigenvalue weighted by Gasteiger charge is -2.34. The van der Waals surface area contributed by atoms with Crippen LogP contribution < -0.4 is 14.4 Å². The number of carbonyl (C=O) groups excluding carboxylic acids is 1. The van der Waals surface area contributed by atoms with Gasteiger partial charge in [-0.15, -0.1) is 0 Å². The molecule has 0 aliphatic carbocycles. The van der Waals surface area contributed by atoms with Gasteiger partial charge in [-0.2, -0.15) is 0 Å². The van der Waals surface area contributed by atoms with E-state index in [1.165, 1.54) is 0 Å². The summed E-state index contributed by atoms with van der Waals surface area (Å²) in [5.74, 6) is 1.08. The van der Waals surface area contributed by atoms with E-state index in [9.17, 15) is 4.79 Å². The number of pyridine rings is 1. The maximum Gasteiger partial charge on any atom is 0.272 e. The Bertz CT molecular complexity index is 1190. The normalized spacial score (nSPS) is 17.6. The first kappa shape index (κ1) is 18.2. The molecule has 0 unspecified atom stereocenters. The van der Waals surface area contributed by atoms with Crippen molar-refractivity contribution in [1.29, 1.82) is 0 Å². The molecule has 0 radical (unpaired) electrons. The van der Waals surface area contributed by atoms with E-state index in [1.807, 2.05) is 90.3 Å². The molecule has 5 rings (SSSR count). The van der Waals surface area contributed by atoms with Gasteiger partial charge in [0, 0.05) is 11.9 Å². The van der Waals surface area contributed by atoms with Crippen LogP contribution in [0.15, 0.2) is 85.2 Å². The van der Waals surface area contributed by atoms with Crippen LogP contribution in [0.4, 0.5) is 5.69 Å². The Morgan fingerprint density at radius 3 is 2.47 bits per heavy atom. The summed E-state index contributed by atoms with van der Waals surface area (Å²) in [5, 5.41) is 0. The molecule has 2 aromatic carbocycles. The highest BCUT2D eigenvalue weighted by Crippen LogP contribution is 2.34. The molecule has 1 amide bonds. The van der Waals surface area contributed by atoms with Crippen LogP contribution in [-0.4, -0.2) is 27.5 Å². The van der Waals surface area contributed by atoms with Crippen molar-refractivity contribution in [2.45, 2.75) is 25.7 Å². The highest BCUT2D eigenvalue weighted by Gasteiger charge is 2.37. The number of ether oxygens (including phenoxy) is 2. The first-order valence-electron chi connectivity index (χ1n) is 9.90. The molecular weight excluding hydrogens is 378 g/mol. The molecule has 2 atom stereocenters. The molecular formula is C24H21N3O3. The average Bonchev–Trinajstić information content (AvgIpc) is 3.20. The van der Waals surface area contributed by atoms with E-state index in [0.29, 0.717) is 18.0 Å². The van der Waals surface area contributed by atoms with E-state index in [4.69, 9.17) is 9.47 Å². The van der Waals surface area contributed by atoms with Crippen molar-refractivity contribution in [2.75, 3.05) is 4.90 Å². The van der Waals surface area contributed by atoms with E-state index in [2.05, 4.69) is 4.98 Å². The fourth-order valence-corrected chi connectivity index (χ4v) is 3.71. The molecule has 0 saturated heterocycles. The first-order chi connectivity index (χ1) is 14.7. The van der Waals surface area contributed by atoms with Gasteiger partial charge in [0.05, 0.1) is 18.4 Å². The van der Waals surface area contributed by atoms with Crippen molar-refractivity contribution in [3.63, 3.8) is 0 Å². The second-order valence-electron chi connectivity index (χ2n) is 7.25. The predicted molar refractivity (Wildman–Crippen MR) is 114 cm³/mol. The van der Waals surface area contributed by atoms with Crippen LogP contribution in [-0.2, 0) is 11.3 Å². The van der Waals surface area contributed by atoms with Gasteiger partial charge in [-0.3, -0.25) is 4.79 Å². The third-order valence-electron chi connectivity index (χ3n) is 5.23. The van der Waals surface area contributed by atoms with E-state index in [-0.39, 0.29) is 5.91 Å². The van der Waals surface area contributed by atoms with Crippen LogP contribution in [0.5, 0.6) is 11.5 Å². The Morgan fingerprint density at radius 1 is 0.967 bits per heavy atom. The average molecular weight is 399 g/mol. The summed E-state index contributed by atoms with van der Waals surface area (Å²) in [6.45, 7) is 2.22. The number of carbonyl (C=O) groups is 1. The van der Waals surface area contributed by atoms with Crippen molar-refractivity contribution < 1.29 is 14.3 Å². The second-order valence-corrected chi connectivity index (χ2v) is 7.25. The monoisotopic (exact) mass is 399 g/mol. The minimum atomic E-state index is -0.751. The molecule has 1 aliphatic heterocycles. The van der Waals surface area contributed by atoms with Crippen molar-refractivity contribution in [2.24, 2.45) is 0 Å². The van der Waals surface area contributed by atoms with Gasteiger partial charge >= 0.3 is 0 Å². The molecule has 6 heteroatoms. The Hall–Kier alpha value is -3.80. The number of imidazole rings is 1. The van der Waals surface area contributed by atoms with Gasteiger partial charge in [0.25, 0.3) is 5.91 Å². The van der Waals surface area contributed by atoms with E-state index in [0.717, 1.165) is 17.0 Å². The predicted octanol–water partition coefficient (Wildman–Crippen LogP) is 4.10. The van der Waals surface area contributed by atoms with Gasteiger partial charge in [0.15, 0.2) is 11.5 Å². The number of para-hydroxylation sites is 3. The first-order valence-corrected chi connectivity index (χ1v) is 9.90. The summed E-state index contributed by atoms with van der Waals surface area (Å²) >= 11 is 0. The molecule has 2 aromatic heterocycles. The standard InChI is InChI=1S/C24H21N3O3/c1-17-23(30-21-12-6-5-11-20(21)29-17)24(28)27(18-9-3-2-4-10-18)16-19-15-25-22-13-7-8-14-26(19)22/h2-15,17,23H,16H2,1H3/t17-,23-/m0/s1. The topological polar surface area (TPSA) is 56.1 Å². The third kappa shape index (κ3) is 3.26. The van der Waals surface area contributed by atoms with Crippen molar-refractivity contribution in [3.05, 3.63) is 90.9 Å². The summed E-state index contributed by atoms with van der Waals surface area (Å²) < 4.78 is 14.0. The van der Waals surface area contributed by atoms with Crippen molar-refractivity contribution >= 4 is 17.2 Å². The van der Waals surface area contributed by atoms with Crippen LogP contribution in [0.1, 0.15) is 12.6 Å². The molecule has 6 nitrogen and oxygen atoms in total. The van der Waals surface area contributed by atoms with Crippen LogP contribution in [0.3, 0.4) is 0 Å². The molecule has 150 valence electrons. The zero-order valence-corrected chi connectivity index (χ0v) is 16.5. The second kappa shape index (κ2) is 7.55. The van der Waals surface area contributed by atoms with Crippen LogP contribution in [0.2, 0.25) is 0 Å².